The molecule has 2 rings (SSSR count). The zero-order chi connectivity index (χ0) is 23.9. The van der Waals surface area contributed by atoms with E-state index < -0.39 is 29.3 Å². The Labute approximate surface area is 192 Å². The maximum atomic E-state index is 14.2. The van der Waals surface area contributed by atoms with Crippen LogP contribution >= 0.6 is 11.6 Å². The van der Waals surface area contributed by atoms with E-state index in [1.165, 1.54) is 24.3 Å². The number of ether oxygens (including phenoxy) is 1. The van der Waals surface area contributed by atoms with Crippen LogP contribution in [-0.2, 0) is 9.53 Å². The van der Waals surface area contributed by atoms with Gasteiger partial charge in [0.25, 0.3) is 0 Å². The molecule has 2 aromatic carbocycles. The summed E-state index contributed by atoms with van der Waals surface area (Å²) in [7, 11) is 0. The first-order valence-corrected chi connectivity index (χ1v) is 10.7. The summed E-state index contributed by atoms with van der Waals surface area (Å²) >= 11 is 6.08. The molecule has 32 heavy (non-hydrogen) atoms. The van der Waals surface area contributed by atoms with Gasteiger partial charge in [-0.15, -0.1) is 0 Å². The Morgan fingerprint density at radius 2 is 1.84 bits per heavy atom. The smallest absolute Gasteiger partial charge is 0.407 e. The normalized spacial score (nSPS) is 13.1. The minimum absolute atomic E-state index is 0.0733. The number of hydrogen-bond donors (Lipinski definition) is 2. The van der Waals surface area contributed by atoms with Crippen molar-refractivity contribution in [2.75, 3.05) is 11.9 Å². The predicted octanol–water partition coefficient (Wildman–Crippen LogP) is 5.24. The highest BCUT2D eigenvalue weighted by atomic mass is 35.5. The average Bonchev–Trinajstić information content (AvgIpc) is 2.71. The number of rotatable bonds is 9. The molecule has 0 fully saturated rings. The van der Waals surface area contributed by atoms with E-state index in [1.54, 1.807) is 45.9 Å². The van der Waals surface area contributed by atoms with Gasteiger partial charge in [0, 0.05) is 28.7 Å². The zero-order valence-corrected chi connectivity index (χ0v) is 19.3. The van der Waals surface area contributed by atoms with E-state index in [1.807, 2.05) is 0 Å². The molecule has 0 saturated carbocycles. The second-order valence-electron chi connectivity index (χ2n) is 8.57. The number of halogens is 2. The van der Waals surface area contributed by atoms with Crippen LogP contribution in [0.3, 0.4) is 0 Å². The molecule has 6 nitrogen and oxygen atoms in total. The van der Waals surface area contributed by atoms with Gasteiger partial charge in [0.15, 0.2) is 5.78 Å². The van der Waals surface area contributed by atoms with Gasteiger partial charge >= 0.3 is 6.09 Å². The molecule has 172 valence electrons. The van der Waals surface area contributed by atoms with Crippen molar-refractivity contribution < 1.29 is 23.5 Å². The molecule has 2 atom stereocenters. The molecular weight excluding hydrogens is 435 g/mol. The lowest BCUT2D eigenvalue weighted by Crippen LogP contribution is -2.43. The molecule has 0 aliphatic carbocycles. The Morgan fingerprint density at radius 3 is 2.47 bits per heavy atom. The van der Waals surface area contributed by atoms with Crippen molar-refractivity contribution in [3.63, 3.8) is 0 Å². The van der Waals surface area contributed by atoms with Crippen molar-refractivity contribution >= 4 is 35.5 Å². The fraction of sp³-hybridized carbons (Fsp3) is 0.375. The third-order valence-corrected chi connectivity index (χ3v) is 4.73. The van der Waals surface area contributed by atoms with Crippen molar-refractivity contribution in [1.82, 2.24) is 5.32 Å². The van der Waals surface area contributed by atoms with E-state index in [0.717, 1.165) is 6.29 Å². The number of carbonyl (C=O) groups is 3. The molecule has 0 aromatic heterocycles. The quantitative estimate of drug-likeness (QED) is 0.393. The van der Waals surface area contributed by atoms with Crippen LogP contribution in [-0.4, -0.2) is 36.4 Å². The summed E-state index contributed by atoms with van der Waals surface area (Å²) in [6, 6.07) is 9.92. The molecule has 0 radical (unpaired) electrons. The van der Waals surface area contributed by atoms with Crippen LogP contribution in [0.5, 0.6) is 0 Å². The molecule has 0 aliphatic heterocycles. The number of anilines is 1. The fourth-order valence-electron chi connectivity index (χ4n) is 3.05. The number of nitrogens with one attached hydrogen (secondary N) is 2. The third-order valence-electron chi connectivity index (χ3n) is 4.49. The number of ketones is 1. The largest absolute Gasteiger partial charge is 0.444 e. The van der Waals surface area contributed by atoms with Gasteiger partial charge < -0.3 is 20.2 Å². The molecule has 8 heteroatoms. The van der Waals surface area contributed by atoms with Gasteiger partial charge in [-0.1, -0.05) is 30.7 Å². The van der Waals surface area contributed by atoms with Gasteiger partial charge in [-0.05, 0) is 57.5 Å². The summed E-state index contributed by atoms with van der Waals surface area (Å²) in [5.41, 5.74) is -0.122. The molecule has 0 spiro atoms. The first-order chi connectivity index (χ1) is 15.0. The van der Waals surface area contributed by atoms with Crippen LogP contribution in [0, 0.1) is 11.7 Å². The molecule has 0 bridgehead atoms. The van der Waals surface area contributed by atoms with Crippen LogP contribution in [0.25, 0.3) is 0 Å². The van der Waals surface area contributed by atoms with E-state index in [0.29, 0.717) is 17.1 Å². The standard InChI is InChI=1S/C24H28ClFN2O4/c1-15(14-29)11-17(28-23(31)32-24(2,3)4)13-27-21-10-9-16(25)12-19(21)22(30)18-7-5-6-8-20(18)26/h5-10,12,14-15,17,27H,11,13H2,1-4H3,(H,28,31)/t15-,17-/m0/s1. The fourth-order valence-corrected chi connectivity index (χ4v) is 3.23. The predicted molar refractivity (Wildman–Crippen MR) is 123 cm³/mol. The number of amides is 1. The summed E-state index contributed by atoms with van der Waals surface area (Å²) in [5, 5.41) is 6.20. The van der Waals surface area contributed by atoms with Gasteiger partial charge in [0.2, 0.25) is 0 Å². The van der Waals surface area contributed by atoms with E-state index >= 15 is 0 Å². The summed E-state index contributed by atoms with van der Waals surface area (Å²) in [4.78, 5) is 36.3. The van der Waals surface area contributed by atoms with Gasteiger partial charge in [0.05, 0.1) is 11.6 Å². The Balaban J connectivity index is 2.23. The molecular formula is C24H28ClFN2O4. The molecule has 0 aliphatic rings. The molecule has 0 unspecified atom stereocenters. The van der Waals surface area contributed by atoms with Crippen LogP contribution in [0.1, 0.15) is 50.0 Å². The number of benzene rings is 2. The Bertz CT molecular complexity index is 975. The Kier molecular flexibility index (Phi) is 8.78. The highest BCUT2D eigenvalue weighted by Crippen LogP contribution is 2.25. The second-order valence-corrected chi connectivity index (χ2v) is 9.01. The van der Waals surface area contributed by atoms with Crippen LogP contribution < -0.4 is 10.6 Å². The SMILES string of the molecule is C[C@H](C=O)C[C@@H](CNc1ccc(Cl)cc1C(=O)c1ccccc1F)NC(=O)OC(C)(C)C. The van der Waals surface area contributed by atoms with Gasteiger partial charge in [0.1, 0.15) is 17.7 Å². The van der Waals surface area contributed by atoms with Crippen molar-refractivity contribution in [3.05, 3.63) is 64.4 Å². The maximum absolute atomic E-state index is 14.2. The lowest BCUT2D eigenvalue weighted by atomic mass is 10.00. The maximum Gasteiger partial charge on any atom is 0.407 e. The topological polar surface area (TPSA) is 84.5 Å². The monoisotopic (exact) mass is 462 g/mol. The van der Waals surface area contributed by atoms with Crippen molar-refractivity contribution in [2.45, 2.75) is 45.8 Å². The van der Waals surface area contributed by atoms with E-state index in [4.69, 9.17) is 16.3 Å². The molecule has 1 amide bonds. The van der Waals surface area contributed by atoms with Crippen molar-refractivity contribution in [1.29, 1.82) is 0 Å². The van der Waals surface area contributed by atoms with E-state index in [2.05, 4.69) is 10.6 Å². The molecule has 2 N–H and O–H groups in total. The first kappa shape index (κ1) is 25.3. The second kappa shape index (κ2) is 11.1. The average molecular weight is 463 g/mol. The minimum Gasteiger partial charge on any atom is -0.444 e. The molecule has 0 heterocycles. The van der Waals surface area contributed by atoms with E-state index in [9.17, 15) is 18.8 Å². The number of aldehydes is 1. The first-order valence-electron chi connectivity index (χ1n) is 10.3. The minimum atomic E-state index is -0.673. The van der Waals surface area contributed by atoms with Crippen LogP contribution in [0.2, 0.25) is 5.02 Å². The Hall–Kier alpha value is -2.93. The van der Waals surface area contributed by atoms with Gasteiger partial charge in [-0.25, -0.2) is 9.18 Å². The number of alkyl carbamates (subject to hydrolysis) is 1. The Morgan fingerprint density at radius 1 is 1.16 bits per heavy atom. The number of hydrogen-bond acceptors (Lipinski definition) is 5. The highest BCUT2D eigenvalue weighted by molar-refractivity contribution is 6.31. The molecule has 2 aromatic rings. The lowest BCUT2D eigenvalue weighted by Gasteiger charge is -2.25. The van der Waals surface area contributed by atoms with Crippen molar-refractivity contribution in [3.8, 4) is 0 Å². The zero-order valence-electron chi connectivity index (χ0n) is 18.6. The molecule has 0 saturated heterocycles. The van der Waals surface area contributed by atoms with Crippen molar-refractivity contribution in [2.24, 2.45) is 5.92 Å². The lowest BCUT2D eigenvalue weighted by molar-refractivity contribution is -0.111. The third kappa shape index (κ3) is 7.64. The number of carbonyl (C=O) groups excluding carboxylic acids is 3. The highest BCUT2D eigenvalue weighted by Gasteiger charge is 2.22. The summed E-state index contributed by atoms with van der Waals surface area (Å²) < 4.78 is 19.5. The van der Waals surface area contributed by atoms with E-state index in [-0.39, 0.29) is 23.6 Å². The van der Waals surface area contributed by atoms with Crippen LogP contribution in [0.15, 0.2) is 42.5 Å². The summed E-state index contributed by atoms with van der Waals surface area (Å²) in [5.74, 6) is -1.46. The van der Waals surface area contributed by atoms with Gasteiger partial charge in [-0.3, -0.25) is 4.79 Å². The van der Waals surface area contributed by atoms with Gasteiger partial charge in [-0.2, -0.15) is 0 Å². The summed E-state index contributed by atoms with van der Waals surface area (Å²) in [6.45, 7) is 7.20. The van der Waals surface area contributed by atoms with Crippen LogP contribution in [0.4, 0.5) is 14.9 Å². The summed E-state index contributed by atoms with van der Waals surface area (Å²) in [6.07, 6.45) is 0.556.